The average molecular weight is 214 g/mol. The van der Waals surface area contributed by atoms with E-state index in [1.165, 1.54) is 6.33 Å². The Morgan fingerprint density at radius 3 is 3.06 bits per heavy atom. The summed E-state index contributed by atoms with van der Waals surface area (Å²) in [6.07, 6.45) is 4.31. The molecule has 0 amide bonds. The molecule has 16 heavy (non-hydrogen) atoms. The lowest BCUT2D eigenvalue weighted by Crippen LogP contribution is -2.03. The van der Waals surface area contributed by atoms with Crippen LogP contribution in [0.15, 0.2) is 37.2 Å². The lowest BCUT2D eigenvalue weighted by atomic mass is 10.2. The molecule has 0 bridgehead atoms. The molecule has 0 aliphatic rings. The highest BCUT2D eigenvalue weighted by molar-refractivity contribution is 5.90. The van der Waals surface area contributed by atoms with Crippen LogP contribution in [0, 0.1) is 0 Å². The minimum atomic E-state index is 0.711. The van der Waals surface area contributed by atoms with E-state index in [0.29, 0.717) is 5.69 Å². The van der Waals surface area contributed by atoms with Crippen LogP contribution in [0.25, 0.3) is 10.9 Å². The van der Waals surface area contributed by atoms with Crippen molar-refractivity contribution in [2.24, 2.45) is 0 Å². The number of nitrogens with zero attached hydrogens (tertiary/aromatic N) is 2. The molecule has 0 fully saturated rings. The van der Waals surface area contributed by atoms with Crippen molar-refractivity contribution >= 4 is 22.4 Å². The molecule has 2 aromatic rings. The van der Waals surface area contributed by atoms with Crippen molar-refractivity contribution in [3.63, 3.8) is 0 Å². The minimum absolute atomic E-state index is 0.711. The third-order valence-electron chi connectivity index (χ3n) is 2.30. The van der Waals surface area contributed by atoms with Gasteiger partial charge in [0.2, 0.25) is 0 Å². The summed E-state index contributed by atoms with van der Waals surface area (Å²) in [5.41, 5.74) is 7.27. The van der Waals surface area contributed by atoms with Crippen molar-refractivity contribution in [1.82, 2.24) is 9.97 Å². The number of anilines is 2. The number of benzene rings is 1. The summed E-state index contributed by atoms with van der Waals surface area (Å²) < 4.78 is 0. The number of nitrogen functional groups attached to an aromatic ring is 1. The van der Waals surface area contributed by atoms with Crippen molar-refractivity contribution < 1.29 is 0 Å². The molecule has 2 rings (SSSR count). The first-order valence-electron chi connectivity index (χ1n) is 5.16. The predicted octanol–water partition coefficient (Wildman–Crippen LogP) is 2.20. The van der Waals surface area contributed by atoms with Gasteiger partial charge in [-0.25, -0.2) is 9.97 Å². The summed E-state index contributed by atoms with van der Waals surface area (Å²) in [6, 6.07) is 5.63. The standard InChI is InChI=1S/C12H14N4/c1-2-3-6-14-12-10-5-4-9(13)7-11(10)15-8-16-12/h2,4-5,7-8H,1,3,6,13H2,(H,14,15,16). The van der Waals surface area contributed by atoms with Gasteiger partial charge < -0.3 is 11.1 Å². The maximum atomic E-state index is 5.70. The first kappa shape index (κ1) is 10.4. The number of nitrogens with one attached hydrogen (secondary N) is 1. The number of nitrogens with two attached hydrogens (primary N) is 1. The van der Waals surface area contributed by atoms with Crippen LogP contribution in [0.3, 0.4) is 0 Å². The number of aromatic nitrogens is 2. The first-order chi connectivity index (χ1) is 7.81. The second-order valence-corrected chi connectivity index (χ2v) is 3.50. The summed E-state index contributed by atoms with van der Waals surface area (Å²) in [4.78, 5) is 8.39. The van der Waals surface area contributed by atoms with Gasteiger partial charge in [-0.15, -0.1) is 6.58 Å². The van der Waals surface area contributed by atoms with Gasteiger partial charge in [0.25, 0.3) is 0 Å². The average Bonchev–Trinajstić information content (AvgIpc) is 2.29. The molecule has 0 saturated carbocycles. The predicted molar refractivity (Wildman–Crippen MR) is 67.3 cm³/mol. The molecule has 0 unspecified atom stereocenters. The topological polar surface area (TPSA) is 63.8 Å². The zero-order valence-electron chi connectivity index (χ0n) is 8.98. The van der Waals surface area contributed by atoms with Gasteiger partial charge in [0.1, 0.15) is 12.1 Å². The van der Waals surface area contributed by atoms with Gasteiger partial charge in [0.05, 0.1) is 5.52 Å². The Balaban J connectivity index is 2.34. The molecule has 0 spiro atoms. The minimum Gasteiger partial charge on any atom is -0.399 e. The number of hydrogen-bond acceptors (Lipinski definition) is 4. The molecule has 0 aliphatic carbocycles. The zero-order chi connectivity index (χ0) is 11.4. The molecule has 4 nitrogen and oxygen atoms in total. The number of rotatable bonds is 4. The van der Waals surface area contributed by atoms with Crippen LogP contribution in [0.4, 0.5) is 11.5 Å². The summed E-state index contributed by atoms with van der Waals surface area (Å²) in [5, 5.41) is 4.23. The van der Waals surface area contributed by atoms with Gasteiger partial charge in [-0.05, 0) is 24.6 Å². The van der Waals surface area contributed by atoms with E-state index < -0.39 is 0 Å². The van der Waals surface area contributed by atoms with E-state index in [9.17, 15) is 0 Å². The van der Waals surface area contributed by atoms with E-state index in [1.807, 2.05) is 24.3 Å². The van der Waals surface area contributed by atoms with Gasteiger partial charge in [-0.3, -0.25) is 0 Å². The quantitative estimate of drug-likeness (QED) is 0.465. The Morgan fingerprint density at radius 2 is 2.25 bits per heavy atom. The molecule has 1 heterocycles. The molecule has 1 aromatic carbocycles. The number of fused-ring (bicyclic) bond motifs is 1. The van der Waals surface area contributed by atoms with E-state index in [2.05, 4.69) is 21.9 Å². The molecular weight excluding hydrogens is 200 g/mol. The van der Waals surface area contributed by atoms with Gasteiger partial charge >= 0.3 is 0 Å². The third kappa shape index (κ3) is 2.11. The van der Waals surface area contributed by atoms with E-state index in [4.69, 9.17) is 5.73 Å². The molecule has 1 aromatic heterocycles. The first-order valence-corrected chi connectivity index (χ1v) is 5.16. The van der Waals surface area contributed by atoms with Crippen molar-refractivity contribution in [1.29, 1.82) is 0 Å². The van der Waals surface area contributed by atoms with E-state index in [0.717, 1.165) is 29.7 Å². The van der Waals surface area contributed by atoms with Crippen molar-refractivity contribution in [2.45, 2.75) is 6.42 Å². The van der Waals surface area contributed by atoms with Crippen LogP contribution in [0.2, 0.25) is 0 Å². The maximum absolute atomic E-state index is 5.70. The van der Waals surface area contributed by atoms with Crippen LogP contribution in [0.5, 0.6) is 0 Å². The molecule has 82 valence electrons. The number of hydrogen-bond donors (Lipinski definition) is 2. The van der Waals surface area contributed by atoms with Crippen LogP contribution in [-0.2, 0) is 0 Å². The zero-order valence-corrected chi connectivity index (χ0v) is 8.98. The second kappa shape index (κ2) is 4.61. The Hall–Kier alpha value is -2.10. The Bertz CT molecular complexity index is 507. The van der Waals surface area contributed by atoms with Crippen LogP contribution in [0.1, 0.15) is 6.42 Å². The van der Waals surface area contributed by atoms with Gasteiger partial charge in [-0.2, -0.15) is 0 Å². The van der Waals surface area contributed by atoms with Crippen molar-refractivity contribution in [2.75, 3.05) is 17.6 Å². The van der Waals surface area contributed by atoms with E-state index >= 15 is 0 Å². The fourth-order valence-corrected chi connectivity index (χ4v) is 1.51. The highest BCUT2D eigenvalue weighted by Crippen LogP contribution is 2.20. The Morgan fingerprint density at radius 1 is 1.38 bits per heavy atom. The maximum Gasteiger partial charge on any atom is 0.137 e. The molecule has 0 atom stereocenters. The van der Waals surface area contributed by atoms with E-state index in [-0.39, 0.29) is 0 Å². The highest BCUT2D eigenvalue weighted by atomic mass is 15.0. The monoisotopic (exact) mass is 214 g/mol. The lowest BCUT2D eigenvalue weighted by molar-refractivity contribution is 1.05. The normalized spacial score (nSPS) is 10.2. The molecule has 0 saturated heterocycles. The largest absolute Gasteiger partial charge is 0.399 e. The summed E-state index contributed by atoms with van der Waals surface area (Å²) >= 11 is 0. The van der Waals surface area contributed by atoms with E-state index in [1.54, 1.807) is 0 Å². The highest BCUT2D eigenvalue weighted by Gasteiger charge is 2.02. The molecule has 0 radical (unpaired) electrons. The SMILES string of the molecule is C=CCCNc1ncnc2cc(N)ccc12. The molecule has 0 aliphatic heterocycles. The summed E-state index contributed by atoms with van der Waals surface area (Å²) in [5.74, 6) is 0.840. The molecular formula is C12H14N4. The lowest BCUT2D eigenvalue weighted by Gasteiger charge is -2.07. The van der Waals surface area contributed by atoms with Gasteiger partial charge in [0, 0.05) is 17.6 Å². The summed E-state index contributed by atoms with van der Waals surface area (Å²) in [7, 11) is 0. The fourth-order valence-electron chi connectivity index (χ4n) is 1.51. The Labute approximate surface area is 94.2 Å². The van der Waals surface area contributed by atoms with Gasteiger partial charge in [0.15, 0.2) is 0 Å². The van der Waals surface area contributed by atoms with Crippen LogP contribution >= 0.6 is 0 Å². The molecule has 4 heteroatoms. The summed E-state index contributed by atoms with van der Waals surface area (Å²) in [6.45, 7) is 4.50. The van der Waals surface area contributed by atoms with Crippen LogP contribution in [-0.4, -0.2) is 16.5 Å². The molecule has 3 N–H and O–H groups in total. The smallest absolute Gasteiger partial charge is 0.137 e. The fraction of sp³-hybridized carbons (Fsp3) is 0.167. The Kier molecular flexibility index (Phi) is 3.00. The van der Waals surface area contributed by atoms with Crippen molar-refractivity contribution in [3.8, 4) is 0 Å². The second-order valence-electron chi connectivity index (χ2n) is 3.50. The van der Waals surface area contributed by atoms with Gasteiger partial charge in [-0.1, -0.05) is 6.08 Å². The third-order valence-corrected chi connectivity index (χ3v) is 2.30. The van der Waals surface area contributed by atoms with Crippen molar-refractivity contribution in [3.05, 3.63) is 37.2 Å². The van der Waals surface area contributed by atoms with Crippen LogP contribution < -0.4 is 11.1 Å².